The van der Waals surface area contributed by atoms with Crippen molar-refractivity contribution in [3.05, 3.63) is 22.7 Å². The number of hydrogen-bond acceptors (Lipinski definition) is 6. The van der Waals surface area contributed by atoms with Crippen LogP contribution in [0.4, 0.5) is 10.2 Å². The maximum absolute atomic E-state index is 14.1. The third kappa shape index (κ3) is 2.09. The maximum Gasteiger partial charge on any atom is 0.351 e. The van der Waals surface area contributed by atoms with Gasteiger partial charge in [-0.15, -0.1) is 0 Å². The van der Waals surface area contributed by atoms with E-state index in [0.29, 0.717) is 0 Å². The minimum Gasteiger partial charge on any atom is -0.394 e. The minimum atomic E-state index is -1.46. The number of likely N-dealkylation sites (N-methyl/N-ethyl adjacent to an activating group) is 1. The summed E-state index contributed by atoms with van der Waals surface area (Å²) >= 11 is 0. The summed E-state index contributed by atoms with van der Waals surface area (Å²) in [5, 5.41) is 11.8. The van der Waals surface area contributed by atoms with Gasteiger partial charge in [-0.1, -0.05) is 0 Å². The molecule has 0 amide bonds. The highest BCUT2D eigenvalue weighted by Crippen LogP contribution is 2.30. The summed E-state index contributed by atoms with van der Waals surface area (Å²) in [5.41, 5.74) is 4.67. The highest BCUT2D eigenvalue weighted by Gasteiger charge is 2.45. The fraction of sp³-hybridized carbons (Fsp3) is 0.600. The van der Waals surface area contributed by atoms with E-state index in [1.165, 1.54) is 12.3 Å². The van der Waals surface area contributed by atoms with Crippen LogP contribution in [0.25, 0.3) is 0 Å². The van der Waals surface area contributed by atoms with Crippen LogP contribution >= 0.6 is 0 Å². The average molecular weight is 258 g/mol. The van der Waals surface area contributed by atoms with Gasteiger partial charge in [-0.2, -0.15) is 4.98 Å². The molecule has 18 heavy (non-hydrogen) atoms. The number of rotatable bonds is 3. The van der Waals surface area contributed by atoms with Gasteiger partial charge in [0.05, 0.1) is 12.6 Å². The monoisotopic (exact) mass is 258 g/mol. The number of aliphatic hydroxyl groups excluding tert-OH is 1. The maximum atomic E-state index is 14.1. The highest BCUT2D eigenvalue weighted by atomic mass is 19.1. The van der Waals surface area contributed by atoms with Crippen LogP contribution in [0.2, 0.25) is 0 Å². The molecule has 2 heterocycles. The van der Waals surface area contributed by atoms with E-state index in [-0.39, 0.29) is 12.4 Å². The largest absolute Gasteiger partial charge is 0.394 e. The van der Waals surface area contributed by atoms with Gasteiger partial charge in [-0.05, 0) is 13.1 Å². The first-order chi connectivity index (χ1) is 8.58. The number of hydrogen-bond donors (Lipinski definition) is 3. The van der Waals surface area contributed by atoms with Crippen molar-refractivity contribution in [3.63, 3.8) is 0 Å². The van der Waals surface area contributed by atoms with E-state index in [1.807, 2.05) is 0 Å². The van der Waals surface area contributed by atoms with Crippen LogP contribution in [0.3, 0.4) is 0 Å². The van der Waals surface area contributed by atoms with Crippen molar-refractivity contribution in [1.29, 1.82) is 0 Å². The Kier molecular flexibility index (Phi) is 3.60. The van der Waals surface area contributed by atoms with Crippen LogP contribution in [0.1, 0.15) is 6.23 Å². The number of ether oxygens (including phenoxy) is 1. The van der Waals surface area contributed by atoms with E-state index in [0.717, 1.165) is 4.57 Å². The number of halogens is 1. The standard InChI is InChI=1S/C10H15FN4O3/c1-13-8-5(4-16)18-9(7(8)11)15-3-2-6(12)14-10(15)17/h2-3,5,7-9,13,16H,4H2,1H3,(H2,12,14,17). The third-order valence-corrected chi connectivity index (χ3v) is 2.97. The predicted molar refractivity (Wildman–Crippen MR) is 61.6 cm³/mol. The molecule has 0 radical (unpaired) electrons. The molecule has 2 rings (SSSR count). The van der Waals surface area contributed by atoms with E-state index >= 15 is 0 Å². The molecule has 0 bridgehead atoms. The van der Waals surface area contributed by atoms with Crippen LogP contribution in [-0.2, 0) is 4.74 Å². The number of nitrogens with one attached hydrogen (secondary N) is 1. The van der Waals surface area contributed by atoms with Gasteiger partial charge in [-0.25, -0.2) is 9.18 Å². The van der Waals surface area contributed by atoms with E-state index in [2.05, 4.69) is 10.3 Å². The Labute approximate surface area is 102 Å². The van der Waals surface area contributed by atoms with Crippen molar-refractivity contribution in [2.75, 3.05) is 19.4 Å². The number of alkyl halides is 1. The molecule has 0 aromatic carbocycles. The summed E-state index contributed by atoms with van der Waals surface area (Å²) in [6.45, 7) is -0.334. The minimum absolute atomic E-state index is 0.0635. The van der Waals surface area contributed by atoms with Crippen molar-refractivity contribution in [3.8, 4) is 0 Å². The number of anilines is 1. The first-order valence-electron chi connectivity index (χ1n) is 5.50. The summed E-state index contributed by atoms with van der Waals surface area (Å²) in [6, 6.07) is 0.711. The Hall–Kier alpha value is -1.51. The molecular formula is C10H15FN4O3. The SMILES string of the molecule is CNC1C(CO)OC(n2ccc(N)nc2=O)C1F. The average Bonchev–Trinajstić information content (AvgIpc) is 2.66. The van der Waals surface area contributed by atoms with Gasteiger partial charge in [0, 0.05) is 6.20 Å². The lowest BCUT2D eigenvalue weighted by molar-refractivity contribution is -0.0407. The molecule has 4 atom stereocenters. The zero-order chi connectivity index (χ0) is 13.3. The van der Waals surface area contributed by atoms with Crippen LogP contribution in [0, 0.1) is 0 Å². The normalized spacial score (nSPS) is 31.7. The van der Waals surface area contributed by atoms with Crippen molar-refractivity contribution in [2.45, 2.75) is 24.5 Å². The zero-order valence-electron chi connectivity index (χ0n) is 9.78. The second-order valence-corrected chi connectivity index (χ2v) is 4.05. The third-order valence-electron chi connectivity index (χ3n) is 2.97. The van der Waals surface area contributed by atoms with Gasteiger partial charge in [0.1, 0.15) is 11.9 Å². The van der Waals surface area contributed by atoms with E-state index in [4.69, 9.17) is 15.6 Å². The summed E-state index contributed by atoms with van der Waals surface area (Å²) in [5.74, 6) is 0.0635. The second-order valence-electron chi connectivity index (χ2n) is 4.05. The summed E-state index contributed by atoms with van der Waals surface area (Å²) in [4.78, 5) is 15.1. The molecule has 0 aliphatic carbocycles. The summed E-state index contributed by atoms with van der Waals surface area (Å²) < 4.78 is 20.5. The smallest absolute Gasteiger partial charge is 0.351 e. The topological polar surface area (TPSA) is 102 Å². The van der Waals surface area contributed by atoms with Crippen molar-refractivity contribution < 1.29 is 14.2 Å². The molecular weight excluding hydrogens is 243 g/mol. The second kappa shape index (κ2) is 5.01. The van der Waals surface area contributed by atoms with Crippen molar-refractivity contribution in [1.82, 2.24) is 14.9 Å². The molecule has 0 saturated carbocycles. The predicted octanol–water partition coefficient (Wildman–Crippen LogP) is -1.36. The van der Waals surface area contributed by atoms with Gasteiger partial charge in [-0.3, -0.25) is 4.57 Å². The van der Waals surface area contributed by atoms with Gasteiger partial charge in [0.25, 0.3) is 0 Å². The molecule has 1 aliphatic rings. The Morgan fingerprint density at radius 1 is 1.72 bits per heavy atom. The molecule has 100 valence electrons. The Balaban J connectivity index is 2.32. The molecule has 1 saturated heterocycles. The van der Waals surface area contributed by atoms with E-state index in [9.17, 15) is 9.18 Å². The van der Waals surface area contributed by atoms with Gasteiger partial charge in [0.2, 0.25) is 0 Å². The number of aromatic nitrogens is 2. The van der Waals surface area contributed by atoms with Gasteiger partial charge >= 0.3 is 5.69 Å². The Morgan fingerprint density at radius 2 is 2.44 bits per heavy atom. The Morgan fingerprint density at radius 3 is 2.94 bits per heavy atom. The molecule has 7 nitrogen and oxygen atoms in total. The van der Waals surface area contributed by atoms with Crippen LogP contribution in [-0.4, -0.2) is 46.6 Å². The van der Waals surface area contributed by atoms with Gasteiger partial charge < -0.3 is 20.9 Å². The van der Waals surface area contributed by atoms with Crippen molar-refractivity contribution in [2.24, 2.45) is 0 Å². The van der Waals surface area contributed by atoms with Crippen LogP contribution in [0.5, 0.6) is 0 Å². The summed E-state index contributed by atoms with van der Waals surface area (Å²) in [6.07, 6.45) is -1.95. The first-order valence-corrected chi connectivity index (χ1v) is 5.50. The Bertz CT molecular complexity index is 480. The van der Waals surface area contributed by atoms with Crippen molar-refractivity contribution >= 4 is 5.82 Å². The number of nitrogen functional groups attached to an aromatic ring is 1. The quantitative estimate of drug-likeness (QED) is 0.619. The molecule has 1 aromatic rings. The fourth-order valence-electron chi connectivity index (χ4n) is 2.06. The summed E-state index contributed by atoms with van der Waals surface area (Å²) in [7, 11) is 1.57. The molecule has 4 unspecified atom stereocenters. The molecule has 1 aromatic heterocycles. The number of nitrogens with zero attached hydrogens (tertiary/aromatic N) is 2. The highest BCUT2D eigenvalue weighted by molar-refractivity contribution is 5.23. The number of aliphatic hydroxyl groups is 1. The molecule has 4 N–H and O–H groups in total. The molecule has 8 heteroatoms. The van der Waals surface area contributed by atoms with Crippen LogP contribution < -0.4 is 16.7 Å². The van der Waals surface area contributed by atoms with Gasteiger partial charge in [0.15, 0.2) is 12.4 Å². The molecule has 1 fully saturated rings. The zero-order valence-corrected chi connectivity index (χ0v) is 9.78. The number of nitrogens with two attached hydrogens (primary N) is 1. The first kappa shape index (κ1) is 12.9. The molecule has 0 spiro atoms. The molecule has 1 aliphatic heterocycles. The van der Waals surface area contributed by atoms with E-state index in [1.54, 1.807) is 7.05 Å². The lowest BCUT2D eigenvalue weighted by Crippen LogP contribution is -2.42. The lowest BCUT2D eigenvalue weighted by atomic mass is 10.1. The van der Waals surface area contributed by atoms with E-state index < -0.39 is 30.2 Å². The fourth-order valence-corrected chi connectivity index (χ4v) is 2.06. The lowest BCUT2D eigenvalue weighted by Gasteiger charge is -2.16. The van der Waals surface area contributed by atoms with Crippen LogP contribution in [0.15, 0.2) is 17.1 Å².